The molecule has 0 aliphatic heterocycles. The lowest BCUT2D eigenvalue weighted by Gasteiger charge is -2.01. The Labute approximate surface area is 60.5 Å². The van der Waals surface area contributed by atoms with Gasteiger partial charge in [-0.05, 0) is 24.6 Å². The van der Waals surface area contributed by atoms with Crippen molar-refractivity contribution in [2.45, 2.75) is 13.0 Å². The molecular weight excluding hydrogens is 131 g/mol. The third-order valence-electron chi connectivity index (χ3n) is 1.26. The lowest BCUT2D eigenvalue weighted by Crippen LogP contribution is -1.89. The summed E-state index contributed by atoms with van der Waals surface area (Å²) in [5.74, 6) is -0.363. The number of hydrogen-bond donors (Lipinski definition) is 1. The van der Waals surface area contributed by atoms with Gasteiger partial charge in [0.1, 0.15) is 5.82 Å². The van der Waals surface area contributed by atoms with Crippen LogP contribution in [0.15, 0.2) is 24.3 Å². The molecule has 0 amide bonds. The van der Waals surface area contributed by atoms with Gasteiger partial charge in [-0.2, -0.15) is 0 Å². The van der Waals surface area contributed by atoms with Crippen LogP contribution in [0.3, 0.4) is 0 Å². The monoisotopic (exact) mass is 141 g/mol. The van der Waals surface area contributed by atoms with Crippen molar-refractivity contribution in [3.05, 3.63) is 35.6 Å². The Hall–Kier alpha value is -0.890. The number of halogens is 1. The Kier molecular flexibility index (Phi) is 1.64. The maximum absolute atomic E-state index is 12.3. The number of hydrogen-bond acceptors (Lipinski definition) is 1. The highest BCUT2D eigenvalue weighted by Crippen LogP contribution is 2.11. The molecule has 1 nitrogen and oxygen atoms in total. The first-order valence-electron chi connectivity index (χ1n) is 3.48. The van der Waals surface area contributed by atoms with Gasteiger partial charge in [0.05, 0.1) is 7.45 Å². The Morgan fingerprint density at radius 2 is 2.00 bits per heavy atom. The molecule has 0 aliphatic carbocycles. The Morgan fingerprint density at radius 3 is 2.40 bits per heavy atom. The van der Waals surface area contributed by atoms with Crippen LogP contribution in [-0.4, -0.2) is 5.11 Å². The molecule has 2 heteroatoms. The van der Waals surface area contributed by atoms with E-state index in [0.717, 1.165) is 0 Å². The maximum Gasteiger partial charge on any atom is 0.123 e. The zero-order chi connectivity index (χ0) is 8.48. The smallest absolute Gasteiger partial charge is 0.123 e. The van der Waals surface area contributed by atoms with Crippen LogP contribution in [0.1, 0.15) is 19.9 Å². The van der Waals surface area contributed by atoms with Gasteiger partial charge in [0.15, 0.2) is 0 Å². The van der Waals surface area contributed by atoms with Crippen molar-refractivity contribution in [1.82, 2.24) is 0 Å². The predicted octanol–water partition coefficient (Wildman–Crippen LogP) is 1.88. The van der Waals surface area contributed by atoms with Gasteiger partial charge < -0.3 is 5.11 Å². The molecule has 0 fully saturated rings. The topological polar surface area (TPSA) is 20.2 Å². The SMILES string of the molecule is [2H]C(C)(O)c1ccc(F)cc1. The van der Waals surface area contributed by atoms with Crippen molar-refractivity contribution in [1.29, 1.82) is 0 Å². The molecule has 0 heterocycles. The molecule has 1 N–H and O–H groups in total. The molecule has 1 atom stereocenters. The van der Waals surface area contributed by atoms with Crippen molar-refractivity contribution in [2.24, 2.45) is 0 Å². The van der Waals surface area contributed by atoms with E-state index in [1.165, 1.54) is 31.2 Å². The summed E-state index contributed by atoms with van der Waals surface area (Å²) in [6, 6.07) is 5.22. The zero-order valence-electron chi connectivity index (χ0n) is 6.63. The van der Waals surface area contributed by atoms with Crippen LogP contribution >= 0.6 is 0 Å². The van der Waals surface area contributed by atoms with Crippen LogP contribution in [0.2, 0.25) is 0 Å². The van der Waals surface area contributed by atoms with Crippen LogP contribution in [0.4, 0.5) is 4.39 Å². The first kappa shape index (κ1) is 5.86. The van der Waals surface area contributed by atoms with E-state index >= 15 is 0 Å². The van der Waals surface area contributed by atoms with Gasteiger partial charge in [0, 0.05) is 0 Å². The van der Waals surface area contributed by atoms with E-state index < -0.39 is 6.08 Å². The summed E-state index contributed by atoms with van der Waals surface area (Å²) in [5.41, 5.74) is 0.388. The second-order valence-corrected chi connectivity index (χ2v) is 2.09. The second kappa shape index (κ2) is 2.80. The summed E-state index contributed by atoms with van der Waals surface area (Å²) in [4.78, 5) is 0. The Bertz CT molecular complexity index is 237. The molecule has 0 spiro atoms. The van der Waals surface area contributed by atoms with E-state index in [-0.39, 0.29) is 5.82 Å². The average Bonchev–Trinajstić information content (AvgIpc) is 1.86. The van der Waals surface area contributed by atoms with Crippen LogP contribution in [0.5, 0.6) is 0 Å². The second-order valence-electron chi connectivity index (χ2n) is 2.09. The lowest BCUT2D eigenvalue weighted by atomic mass is 10.1. The van der Waals surface area contributed by atoms with E-state index in [1.807, 2.05) is 0 Å². The van der Waals surface area contributed by atoms with Gasteiger partial charge in [0.2, 0.25) is 0 Å². The predicted molar refractivity (Wildman–Crippen MR) is 37.0 cm³/mol. The van der Waals surface area contributed by atoms with Crippen molar-refractivity contribution in [3.63, 3.8) is 0 Å². The molecule has 0 aromatic heterocycles. The largest absolute Gasteiger partial charge is 0.389 e. The summed E-state index contributed by atoms with van der Waals surface area (Å²) in [7, 11) is 0. The van der Waals surface area contributed by atoms with E-state index in [9.17, 15) is 4.39 Å². The summed E-state index contributed by atoms with van der Waals surface area (Å²) < 4.78 is 19.5. The van der Waals surface area contributed by atoms with Gasteiger partial charge in [0.25, 0.3) is 0 Å². The normalized spacial score (nSPS) is 17.7. The summed E-state index contributed by atoms with van der Waals surface area (Å²) >= 11 is 0. The van der Waals surface area contributed by atoms with E-state index in [0.29, 0.717) is 5.56 Å². The molecular formula is C8H9FO. The standard InChI is InChI=1S/C8H9FO/c1-6(10)7-2-4-8(9)5-3-7/h2-6,10H,1H3/i6D. The molecule has 1 unspecified atom stereocenters. The molecule has 0 saturated carbocycles. The van der Waals surface area contributed by atoms with Crippen LogP contribution in [0, 0.1) is 5.82 Å². The molecule has 0 radical (unpaired) electrons. The summed E-state index contributed by atoms with van der Waals surface area (Å²) in [6.07, 6.45) is -1.63. The molecule has 1 aromatic rings. The summed E-state index contributed by atoms with van der Waals surface area (Å²) in [6.45, 7) is 1.33. The fourth-order valence-corrected chi connectivity index (χ4v) is 0.691. The van der Waals surface area contributed by atoms with Crippen molar-refractivity contribution in [2.75, 3.05) is 0 Å². The molecule has 1 aromatic carbocycles. The number of benzene rings is 1. The van der Waals surface area contributed by atoms with E-state index in [2.05, 4.69) is 0 Å². The van der Waals surface area contributed by atoms with E-state index in [4.69, 9.17) is 6.48 Å². The van der Waals surface area contributed by atoms with E-state index in [1.54, 1.807) is 0 Å². The zero-order valence-corrected chi connectivity index (χ0v) is 5.63. The highest BCUT2D eigenvalue weighted by Gasteiger charge is 1.98. The molecule has 1 rings (SSSR count). The van der Waals surface area contributed by atoms with Crippen molar-refractivity contribution >= 4 is 0 Å². The Morgan fingerprint density at radius 1 is 1.50 bits per heavy atom. The van der Waals surface area contributed by atoms with Crippen LogP contribution in [-0.2, 0) is 0 Å². The highest BCUT2D eigenvalue weighted by atomic mass is 19.1. The minimum absolute atomic E-state index is 0.363. The average molecular weight is 141 g/mol. The third-order valence-corrected chi connectivity index (χ3v) is 1.26. The van der Waals surface area contributed by atoms with Crippen molar-refractivity contribution in [3.8, 4) is 0 Å². The fourth-order valence-electron chi connectivity index (χ4n) is 0.691. The highest BCUT2D eigenvalue weighted by molar-refractivity contribution is 5.17. The molecule has 0 aliphatic rings. The van der Waals surface area contributed by atoms with Crippen LogP contribution < -0.4 is 0 Å². The first-order valence-corrected chi connectivity index (χ1v) is 2.98. The van der Waals surface area contributed by atoms with Gasteiger partial charge in [-0.3, -0.25) is 0 Å². The minimum Gasteiger partial charge on any atom is -0.389 e. The lowest BCUT2D eigenvalue weighted by molar-refractivity contribution is 0.199. The first-order chi connectivity index (χ1) is 5.00. The maximum atomic E-state index is 12.3. The summed E-state index contributed by atoms with van der Waals surface area (Å²) in [5, 5.41) is 9.12. The van der Waals surface area contributed by atoms with Gasteiger partial charge >= 0.3 is 0 Å². The third kappa shape index (κ3) is 1.54. The van der Waals surface area contributed by atoms with Gasteiger partial charge in [-0.25, -0.2) is 4.39 Å². The van der Waals surface area contributed by atoms with Crippen LogP contribution in [0.25, 0.3) is 0 Å². The van der Waals surface area contributed by atoms with Crippen molar-refractivity contribution < 1.29 is 10.9 Å². The van der Waals surface area contributed by atoms with Gasteiger partial charge in [-0.15, -0.1) is 0 Å². The molecule has 0 bridgehead atoms. The quantitative estimate of drug-likeness (QED) is 0.633. The number of aliphatic hydroxyl groups is 1. The van der Waals surface area contributed by atoms with Gasteiger partial charge in [-0.1, -0.05) is 12.1 Å². The molecule has 10 heavy (non-hydrogen) atoms. The minimum atomic E-state index is -1.63. The number of rotatable bonds is 1. The molecule has 0 saturated heterocycles. The Balaban J connectivity index is 2.99. The fraction of sp³-hybridized carbons (Fsp3) is 0.250. The molecule has 54 valence electrons.